The minimum absolute atomic E-state index is 0.128. The molecule has 0 bridgehead atoms. The molecular formula is C22H21BrClF3N2O2. The van der Waals surface area contributed by atoms with Crippen LogP contribution in [0.5, 0.6) is 5.75 Å². The molecule has 2 rings (SSSR count). The van der Waals surface area contributed by atoms with E-state index in [1.807, 2.05) is 0 Å². The number of hydrogen-bond donors (Lipinski definition) is 1. The third-order valence-electron chi connectivity index (χ3n) is 4.36. The summed E-state index contributed by atoms with van der Waals surface area (Å²) in [5, 5.41) is 2.42. The summed E-state index contributed by atoms with van der Waals surface area (Å²) in [4.78, 5) is 14.3. The van der Waals surface area contributed by atoms with Crippen LogP contribution >= 0.6 is 27.5 Å². The fraction of sp³-hybridized carbons (Fsp3) is 0.318. The number of hydrogen-bond acceptors (Lipinski definition) is 3. The molecule has 1 N–H and O–H groups in total. The average Bonchev–Trinajstić information content (AvgIpc) is 2.71. The summed E-state index contributed by atoms with van der Waals surface area (Å²) in [5.41, 5.74) is -0.263. The Morgan fingerprint density at radius 2 is 1.90 bits per heavy atom. The Labute approximate surface area is 192 Å². The van der Waals surface area contributed by atoms with Gasteiger partial charge in [0.05, 0.1) is 15.1 Å². The molecule has 0 unspecified atom stereocenters. The average molecular weight is 518 g/mol. The van der Waals surface area contributed by atoms with Crippen molar-refractivity contribution in [3.8, 4) is 17.6 Å². The van der Waals surface area contributed by atoms with Gasteiger partial charge in [0, 0.05) is 23.7 Å². The van der Waals surface area contributed by atoms with Crippen molar-refractivity contribution in [2.45, 2.75) is 20.0 Å². The third-order valence-corrected chi connectivity index (χ3v) is 5.29. The molecule has 166 valence electrons. The molecule has 0 aliphatic heterocycles. The summed E-state index contributed by atoms with van der Waals surface area (Å²) in [5.74, 6) is 4.83. The van der Waals surface area contributed by atoms with Crippen LogP contribution in [0.1, 0.15) is 25.0 Å². The van der Waals surface area contributed by atoms with Gasteiger partial charge in [-0.15, -0.1) is 0 Å². The summed E-state index contributed by atoms with van der Waals surface area (Å²) in [6.45, 7) is 7.41. The summed E-state index contributed by atoms with van der Waals surface area (Å²) in [6, 6.07) is 7.84. The lowest BCUT2D eigenvalue weighted by atomic mass is 10.1. The number of nitrogens with one attached hydrogen (secondary N) is 1. The van der Waals surface area contributed by atoms with Crippen molar-refractivity contribution >= 4 is 39.1 Å². The quantitative estimate of drug-likeness (QED) is 0.470. The molecule has 9 heteroatoms. The Hall–Kier alpha value is -2.21. The van der Waals surface area contributed by atoms with E-state index >= 15 is 0 Å². The van der Waals surface area contributed by atoms with E-state index in [4.69, 9.17) is 16.3 Å². The maximum Gasteiger partial charge on any atom is 0.416 e. The summed E-state index contributed by atoms with van der Waals surface area (Å²) in [7, 11) is 0. The first-order chi connectivity index (χ1) is 14.6. The van der Waals surface area contributed by atoms with E-state index in [1.54, 1.807) is 18.2 Å². The number of alkyl halides is 3. The fourth-order valence-electron chi connectivity index (χ4n) is 2.60. The number of nitrogens with zero attached hydrogens (tertiary/aromatic N) is 1. The van der Waals surface area contributed by atoms with Crippen molar-refractivity contribution < 1.29 is 22.7 Å². The highest BCUT2D eigenvalue weighted by atomic mass is 79.9. The highest BCUT2D eigenvalue weighted by molar-refractivity contribution is 9.10. The van der Waals surface area contributed by atoms with Crippen LogP contribution < -0.4 is 10.1 Å². The minimum Gasteiger partial charge on any atom is -0.491 e. The van der Waals surface area contributed by atoms with Crippen LogP contribution in [0, 0.1) is 11.8 Å². The maximum atomic E-state index is 12.7. The van der Waals surface area contributed by atoms with E-state index in [-0.39, 0.29) is 10.6 Å². The molecule has 1 amide bonds. The van der Waals surface area contributed by atoms with Gasteiger partial charge in [0.25, 0.3) is 0 Å². The van der Waals surface area contributed by atoms with E-state index in [1.165, 1.54) is 0 Å². The molecular weight excluding hydrogens is 497 g/mol. The first-order valence-electron chi connectivity index (χ1n) is 9.48. The van der Waals surface area contributed by atoms with Crippen molar-refractivity contribution in [2.75, 3.05) is 31.6 Å². The van der Waals surface area contributed by atoms with E-state index in [0.29, 0.717) is 22.5 Å². The van der Waals surface area contributed by atoms with Crippen LogP contribution in [0.15, 0.2) is 40.9 Å². The Morgan fingerprint density at radius 3 is 2.48 bits per heavy atom. The van der Waals surface area contributed by atoms with Gasteiger partial charge in [0.2, 0.25) is 0 Å². The molecule has 0 spiro atoms. The van der Waals surface area contributed by atoms with Crippen LogP contribution in [0.25, 0.3) is 0 Å². The van der Waals surface area contributed by atoms with Crippen LogP contribution in [-0.2, 0) is 11.0 Å². The van der Waals surface area contributed by atoms with Gasteiger partial charge in [-0.05, 0) is 65.4 Å². The van der Waals surface area contributed by atoms with E-state index in [0.717, 1.165) is 37.8 Å². The Bertz CT molecular complexity index is 983. The summed E-state index contributed by atoms with van der Waals surface area (Å²) >= 11 is 9.25. The van der Waals surface area contributed by atoms with Gasteiger partial charge in [0.1, 0.15) is 12.4 Å². The van der Waals surface area contributed by atoms with Crippen molar-refractivity contribution in [3.63, 3.8) is 0 Å². The number of halogens is 5. The number of anilines is 1. The predicted octanol–water partition coefficient (Wildman–Crippen LogP) is 5.83. The topological polar surface area (TPSA) is 41.6 Å². The van der Waals surface area contributed by atoms with Crippen LogP contribution in [0.3, 0.4) is 0 Å². The first-order valence-corrected chi connectivity index (χ1v) is 10.7. The van der Waals surface area contributed by atoms with Crippen LogP contribution in [0.2, 0.25) is 5.02 Å². The zero-order valence-corrected chi connectivity index (χ0v) is 19.3. The number of benzene rings is 2. The molecule has 31 heavy (non-hydrogen) atoms. The van der Waals surface area contributed by atoms with Gasteiger partial charge < -0.3 is 15.0 Å². The molecule has 0 radical (unpaired) electrons. The number of likely N-dealkylation sites (N-methyl/N-ethyl adjacent to an activating group) is 1. The molecule has 0 heterocycles. The molecule has 4 nitrogen and oxygen atoms in total. The second-order valence-corrected chi connectivity index (χ2v) is 7.68. The van der Waals surface area contributed by atoms with E-state index < -0.39 is 17.6 Å². The second kappa shape index (κ2) is 11.4. The van der Waals surface area contributed by atoms with Gasteiger partial charge >= 0.3 is 12.1 Å². The van der Waals surface area contributed by atoms with Gasteiger partial charge in [-0.1, -0.05) is 31.4 Å². The monoisotopic (exact) mass is 516 g/mol. The number of amides is 1. The van der Waals surface area contributed by atoms with Crippen LogP contribution in [-0.4, -0.2) is 37.0 Å². The Kier molecular flexibility index (Phi) is 9.23. The largest absolute Gasteiger partial charge is 0.491 e. The smallest absolute Gasteiger partial charge is 0.416 e. The number of rotatable bonds is 7. The van der Waals surface area contributed by atoms with Gasteiger partial charge in [-0.2, -0.15) is 13.2 Å². The maximum absolute atomic E-state index is 12.7. The van der Waals surface area contributed by atoms with E-state index in [9.17, 15) is 18.0 Å². The van der Waals surface area contributed by atoms with Gasteiger partial charge in [-0.25, -0.2) is 0 Å². The van der Waals surface area contributed by atoms with Crippen molar-refractivity contribution in [2.24, 2.45) is 0 Å². The number of ether oxygens (including phenoxy) is 1. The molecule has 0 saturated carbocycles. The van der Waals surface area contributed by atoms with Crippen molar-refractivity contribution in [1.29, 1.82) is 0 Å². The second-order valence-electron chi connectivity index (χ2n) is 6.42. The molecule has 0 saturated heterocycles. The van der Waals surface area contributed by atoms with Crippen molar-refractivity contribution in [1.82, 2.24) is 4.90 Å². The van der Waals surface area contributed by atoms with Gasteiger partial charge in [-0.3, -0.25) is 4.79 Å². The number of carbonyl (C=O) groups excluding carboxylic acids is 1. The van der Waals surface area contributed by atoms with Gasteiger partial charge in [0.15, 0.2) is 0 Å². The standard InChI is InChI=1S/C22H21BrClF3N2O2/c1-3-29(4-2)11-12-31-20-9-8-17(14-18(20)23)28-21(30)10-6-15-5-7-16(13-19(15)24)22(25,26)27/h5,7-9,13-14H,3-4,11-12H2,1-2H3,(H,28,30). The zero-order chi connectivity index (χ0) is 23.0. The molecule has 0 aromatic heterocycles. The summed E-state index contributed by atoms with van der Waals surface area (Å²) in [6.07, 6.45) is -4.50. The summed E-state index contributed by atoms with van der Waals surface area (Å²) < 4.78 is 44.5. The third kappa shape index (κ3) is 7.76. The highest BCUT2D eigenvalue weighted by Gasteiger charge is 2.30. The van der Waals surface area contributed by atoms with Crippen molar-refractivity contribution in [3.05, 3.63) is 57.0 Å². The Morgan fingerprint density at radius 1 is 1.19 bits per heavy atom. The molecule has 0 aliphatic carbocycles. The number of carbonyl (C=O) groups is 1. The van der Waals surface area contributed by atoms with E-state index in [2.05, 4.69) is 51.8 Å². The zero-order valence-electron chi connectivity index (χ0n) is 16.9. The SMILES string of the molecule is CCN(CC)CCOc1ccc(NC(=O)C#Cc2ccc(C(F)(F)F)cc2Cl)cc1Br. The lowest BCUT2D eigenvalue weighted by Gasteiger charge is -2.18. The predicted molar refractivity (Wildman–Crippen MR) is 119 cm³/mol. The Balaban J connectivity index is 1.98. The fourth-order valence-corrected chi connectivity index (χ4v) is 3.32. The minimum atomic E-state index is -4.50. The lowest BCUT2D eigenvalue weighted by Crippen LogP contribution is -2.27. The van der Waals surface area contributed by atoms with Crippen LogP contribution in [0.4, 0.5) is 18.9 Å². The molecule has 2 aromatic carbocycles. The molecule has 0 atom stereocenters. The molecule has 0 fully saturated rings. The first kappa shape index (κ1) is 25.1. The molecule has 0 aliphatic rings. The highest BCUT2D eigenvalue weighted by Crippen LogP contribution is 2.32. The molecule has 2 aromatic rings. The normalized spacial score (nSPS) is 11.1. The lowest BCUT2D eigenvalue weighted by molar-refractivity contribution is -0.137.